The van der Waals surface area contributed by atoms with E-state index in [2.05, 4.69) is 5.32 Å². The first-order valence-corrected chi connectivity index (χ1v) is 6.65. The lowest BCUT2D eigenvalue weighted by molar-refractivity contribution is -0.119. The number of hydrogen-bond donors (Lipinski definition) is 1. The van der Waals surface area contributed by atoms with Gasteiger partial charge in [0.25, 0.3) is 5.91 Å². The van der Waals surface area contributed by atoms with Crippen LogP contribution in [0.2, 0.25) is 10.0 Å². The molecule has 0 bridgehead atoms. The van der Waals surface area contributed by atoms with Gasteiger partial charge in [-0.15, -0.1) is 0 Å². The fourth-order valence-electron chi connectivity index (χ4n) is 2.43. The van der Waals surface area contributed by atoms with Crippen LogP contribution in [0.4, 0.5) is 10.5 Å². The van der Waals surface area contributed by atoms with Crippen molar-refractivity contribution in [3.8, 4) is 0 Å². The molecule has 0 radical (unpaired) electrons. The SMILES string of the molecule is O=C1C2CNCCN2C(=O)N1c1cc(Cl)cc(Cl)c1. The molecule has 0 aromatic heterocycles. The zero-order chi connectivity index (χ0) is 13.6. The van der Waals surface area contributed by atoms with Crippen LogP contribution in [-0.2, 0) is 4.79 Å². The predicted octanol–water partition coefficient (Wildman–Crippen LogP) is 1.73. The van der Waals surface area contributed by atoms with Crippen molar-refractivity contribution in [3.63, 3.8) is 0 Å². The predicted molar refractivity (Wildman–Crippen MR) is 72.7 cm³/mol. The molecule has 1 atom stereocenters. The van der Waals surface area contributed by atoms with Crippen molar-refractivity contribution in [1.82, 2.24) is 10.2 Å². The van der Waals surface area contributed by atoms with Gasteiger partial charge in [-0.3, -0.25) is 4.79 Å². The lowest BCUT2D eigenvalue weighted by atomic mass is 10.2. The molecule has 3 amide bonds. The van der Waals surface area contributed by atoms with Crippen molar-refractivity contribution in [2.75, 3.05) is 24.5 Å². The van der Waals surface area contributed by atoms with Crippen LogP contribution in [0.25, 0.3) is 0 Å². The van der Waals surface area contributed by atoms with Gasteiger partial charge in [0, 0.05) is 29.7 Å². The Bertz CT molecular complexity index is 520. The molecule has 2 saturated heterocycles. The maximum absolute atomic E-state index is 12.3. The number of urea groups is 1. The Kier molecular flexibility index (Phi) is 3.12. The average molecular weight is 300 g/mol. The van der Waals surface area contributed by atoms with Crippen LogP contribution in [0.1, 0.15) is 0 Å². The number of amides is 3. The molecule has 2 fully saturated rings. The third-order valence-electron chi connectivity index (χ3n) is 3.29. The van der Waals surface area contributed by atoms with Crippen molar-refractivity contribution in [2.45, 2.75) is 6.04 Å². The molecule has 100 valence electrons. The van der Waals surface area contributed by atoms with Crippen molar-refractivity contribution >= 4 is 40.8 Å². The first-order chi connectivity index (χ1) is 9.08. The topological polar surface area (TPSA) is 52.7 Å². The highest BCUT2D eigenvalue weighted by Gasteiger charge is 2.46. The van der Waals surface area contributed by atoms with E-state index in [1.165, 1.54) is 0 Å². The zero-order valence-corrected chi connectivity index (χ0v) is 11.4. The highest BCUT2D eigenvalue weighted by atomic mass is 35.5. The fourth-order valence-corrected chi connectivity index (χ4v) is 2.95. The lowest BCUT2D eigenvalue weighted by Crippen LogP contribution is -2.51. The molecular weight excluding hydrogens is 289 g/mol. The van der Waals surface area contributed by atoms with Crippen LogP contribution in [-0.4, -0.2) is 42.5 Å². The van der Waals surface area contributed by atoms with Gasteiger partial charge in [-0.1, -0.05) is 23.2 Å². The quantitative estimate of drug-likeness (QED) is 0.804. The number of nitrogens with one attached hydrogen (secondary N) is 1. The minimum atomic E-state index is -0.431. The number of rotatable bonds is 1. The normalized spacial score (nSPS) is 22.9. The van der Waals surface area contributed by atoms with E-state index < -0.39 is 6.04 Å². The summed E-state index contributed by atoms with van der Waals surface area (Å²) in [6, 6.07) is 3.95. The number of anilines is 1. The Morgan fingerprint density at radius 3 is 2.47 bits per heavy atom. The van der Waals surface area contributed by atoms with Crippen molar-refractivity contribution in [2.24, 2.45) is 0 Å². The molecular formula is C12H11Cl2N3O2. The first kappa shape index (κ1) is 12.7. The minimum Gasteiger partial charge on any atom is -0.312 e. The van der Waals surface area contributed by atoms with E-state index in [0.29, 0.717) is 35.4 Å². The summed E-state index contributed by atoms with van der Waals surface area (Å²) >= 11 is 11.8. The average Bonchev–Trinajstić information content (AvgIpc) is 2.61. The van der Waals surface area contributed by atoms with Crippen LogP contribution in [0.5, 0.6) is 0 Å². The van der Waals surface area contributed by atoms with Crippen LogP contribution >= 0.6 is 23.2 Å². The Labute approximate surface area is 120 Å². The van der Waals surface area contributed by atoms with Gasteiger partial charge in [0.2, 0.25) is 0 Å². The molecule has 7 heteroatoms. The molecule has 19 heavy (non-hydrogen) atoms. The van der Waals surface area contributed by atoms with E-state index in [1.807, 2.05) is 0 Å². The van der Waals surface area contributed by atoms with Crippen molar-refractivity contribution in [3.05, 3.63) is 28.2 Å². The molecule has 1 aromatic rings. The van der Waals surface area contributed by atoms with Gasteiger partial charge in [-0.05, 0) is 18.2 Å². The fraction of sp³-hybridized carbons (Fsp3) is 0.333. The van der Waals surface area contributed by atoms with Crippen LogP contribution in [0.3, 0.4) is 0 Å². The number of hydrogen-bond acceptors (Lipinski definition) is 3. The summed E-state index contributed by atoms with van der Waals surface area (Å²) in [5, 5.41) is 3.90. The van der Waals surface area contributed by atoms with Gasteiger partial charge < -0.3 is 10.2 Å². The molecule has 1 unspecified atom stereocenters. The Hall–Kier alpha value is -1.30. The maximum atomic E-state index is 12.3. The van der Waals surface area contributed by atoms with E-state index in [1.54, 1.807) is 23.1 Å². The summed E-state index contributed by atoms with van der Waals surface area (Å²) < 4.78 is 0. The molecule has 2 aliphatic heterocycles. The molecule has 3 rings (SSSR count). The minimum absolute atomic E-state index is 0.240. The monoisotopic (exact) mass is 299 g/mol. The Morgan fingerprint density at radius 1 is 1.16 bits per heavy atom. The third kappa shape index (κ3) is 2.08. The second kappa shape index (κ2) is 4.67. The Balaban J connectivity index is 2.00. The number of fused-ring (bicyclic) bond motifs is 1. The largest absolute Gasteiger partial charge is 0.332 e. The lowest BCUT2D eigenvalue weighted by Gasteiger charge is -2.26. The molecule has 2 heterocycles. The molecule has 2 aliphatic rings. The van der Waals surface area contributed by atoms with Gasteiger partial charge >= 0.3 is 6.03 Å². The highest BCUT2D eigenvalue weighted by Crippen LogP contribution is 2.30. The van der Waals surface area contributed by atoms with E-state index in [4.69, 9.17) is 23.2 Å². The summed E-state index contributed by atoms with van der Waals surface area (Å²) in [6.45, 7) is 1.70. The zero-order valence-electron chi connectivity index (χ0n) is 9.90. The summed E-state index contributed by atoms with van der Waals surface area (Å²) in [4.78, 5) is 27.3. The van der Waals surface area contributed by atoms with Gasteiger partial charge in [0.15, 0.2) is 0 Å². The van der Waals surface area contributed by atoms with Gasteiger partial charge in [-0.25, -0.2) is 9.69 Å². The highest BCUT2D eigenvalue weighted by molar-refractivity contribution is 6.35. The number of carbonyl (C=O) groups excluding carboxylic acids is 2. The molecule has 0 aliphatic carbocycles. The van der Waals surface area contributed by atoms with Crippen molar-refractivity contribution in [1.29, 1.82) is 0 Å². The molecule has 5 nitrogen and oxygen atoms in total. The van der Waals surface area contributed by atoms with Crippen molar-refractivity contribution < 1.29 is 9.59 Å². The number of piperazine rings is 1. The molecule has 0 spiro atoms. The summed E-state index contributed by atoms with van der Waals surface area (Å²) in [5.74, 6) is -0.240. The van der Waals surface area contributed by atoms with Gasteiger partial charge in [0.05, 0.1) is 5.69 Å². The molecule has 1 aromatic carbocycles. The summed E-state index contributed by atoms with van der Waals surface area (Å²) in [5.41, 5.74) is 0.418. The third-order valence-corrected chi connectivity index (χ3v) is 3.73. The summed E-state index contributed by atoms with van der Waals surface area (Å²) in [7, 11) is 0. The van der Waals surface area contributed by atoms with Crippen LogP contribution in [0, 0.1) is 0 Å². The smallest absolute Gasteiger partial charge is 0.312 e. The maximum Gasteiger partial charge on any atom is 0.332 e. The number of benzene rings is 1. The van der Waals surface area contributed by atoms with E-state index >= 15 is 0 Å². The molecule has 0 saturated carbocycles. The van der Waals surface area contributed by atoms with E-state index in [-0.39, 0.29) is 11.9 Å². The van der Waals surface area contributed by atoms with E-state index in [9.17, 15) is 9.59 Å². The second-order valence-corrected chi connectivity index (χ2v) is 5.37. The number of imide groups is 1. The first-order valence-electron chi connectivity index (χ1n) is 5.89. The van der Waals surface area contributed by atoms with E-state index in [0.717, 1.165) is 4.90 Å². The standard InChI is InChI=1S/C12H11Cl2N3O2/c13-7-3-8(14)5-9(4-7)17-11(18)10-6-15-1-2-16(10)12(17)19/h3-5,10,15H,1-2,6H2. The van der Waals surface area contributed by atoms with Crippen LogP contribution in [0.15, 0.2) is 18.2 Å². The van der Waals surface area contributed by atoms with Crippen LogP contribution < -0.4 is 10.2 Å². The Morgan fingerprint density at radius 2 is 1.84 bits per heavy atom. The number of halogens is 2. The van der Waals surface area contributed by atoms with Gasteiger partial charge in [0.1, 0.15) is 6.04 Å². The number of nitrogens with zero attached hydrogens (tertiary/aromatic N) is 2. The second-order valence-electron chi connectivity index (χ2n) is 4.50. The van der Waals surface area contributed by atoms with Gasteiger partial charge in [-0.2, -0.15) is 0 Å². The number of carbonyl (C=O) groups is 2. The summed E-state index contributed by atoms with van der Waals surface area (Å²) in [6.07, 6.45) is 0. The molecule has 1 N–H and O–H groups in total.